The van der Waals surface area contributed by atoms with Crippen LogP contribution < -0.4 is 5.32 Å². The topological polar surface area (TPSA) is 12.0 Å². The zero-order chi connectivity index (χ0) is 11.4. The number of nitrogens with one attached hydrogen (secondary N) is 1. The van der Waals surface area contributed by atoms with Gasteiger partial charge in [-0.2, -0.15) is 0 Å². The third-order valence-electron chi connectivity index (χ3n) is 3.16. The number of rotatable bonds is 3. The van der Waals surface area contributed by atoms with Gasteiger partial charge in [-0.1, -0.05) is 40.5 Å². The monoisotopic (exact) mass is 285 g/mol. The van der Waals surface area contributed by atoms with Crippen molar-refractivity contribution in [2.45, 2.75) is 37.9 Å². The Morgan fingerprint density at radius 3 is 2.88 bits per heavy atom. The fourth-order valence-electron chi connectivity index (χ4n) is 2.20. The van der Waals surface area contributed by atoms with Gasteiger partial charge in [0.25, 0.3) is 0 Å². The Labute approximate surface area is 105 Å². The van der Waals surface area contributed by atoms with E-state index < -0.39 is 6.17 Å². The van der Waals surface area contributed by atoms with Crippen LogP contribution in [0.15, 0.2) is 28.7 Å². The lowest BCUT2D eigenvalue weighted by Crippen LogP contribution is -2.42. The molecule has 0 radical (unpaired) electrons. The van der Waals surface area contributed by atoms with Crippen molar-refractivity contribution in [3.05, 3.63) is 34.3 Å². The Hall–Kier alpha value is -0.410. The van der Waals surface area contributed by atoms with E-state index in [9.17, 15) is 4.39 Å². The van der Waals surface area contributed by atoms with E-state index in [-0.39, 0.29) is 6.04 Å². The summed E-state index contributed by atoms with van der Waals surface area (Å²) in [6.45, 7) is 0.959. The van der Waals surface area contributed by atoms with Crippen molar-refractivity contribution in [3.63, 3.8) is 0 Å². The van der Waals surface area contributed by atoms with Crippen molar-refractivity contribution in [2.24, 2.45) is 0 Å². The van der Waals surface area contributed by atoms with Crippen LogP contribution in [-0.4, -0.2) is 18.8 Å². The molecule has 3 heteroatoms. The van der Waals surface area contributed by atoms with E-state index in [1.807, 2.05) is 24.3 Å². The molecule has 16 heavy (non-hydrogen) atoms. The molecule has 2 atom stereocenters. The zero-order valence-corrected chi connectivity index (χ0v) is 10.8. The fourth-order valence-corrected chi connectivity index (χ4v) is 2.65. The van der Waals surface area contributed by atoms with Gasteiger partial charge >= 0.3 is 0 Å². The number of hydrogen-bond acceptors (Lipinski definition) is 1. The molecule has 1 aromatic rings. The van der Waals surface area contributed by atoms with Crippen LogP contribution in [0.3, 0.4) is 0 Å². The highest BCUT2D eigenvalue weighted by atomic mass is 79.9. The predicted octanol–water partition coefficient (Wildman–Crippen LogP) is 3.47. The third kappa shape index (κ3) is 3.05. The Morgan fingerprint density at radius 2 is 2.19 bits per heavy atom. The lowest BCUT2D eigenvalue weighted by Gasteiger charge is -2.26. The summed E-state index contributed by atoms with van der Waals surface area (Å²) < 4.78 is 15.1. The lowest BCUT2D eigenvalue weighted by molar-refractivity contribution is 0.217. The minimum Gasteiger partial charge on any atom is -0.311 e. The second-order valence-electron chi connectivity index (χ2n) is 4.37. The summed E-state index contributed by atoms with van der Waals surface area (Å²) in [6.07, 6.45) is 3.01. The number of halogens is 2. The maximum Gasteiger partial charge on any atom is 0.119 e. The Kier molecular flexibility index (Phi) is 4.36. The van der Waals surface area contributed by atoms with Crippen molar-refractivity contribution in [3.8, 4) is 0 Å². The van der Waals surface area contributed by atoms with Crippen molar-refractivity contribution < 1.29 is 4.39 Å². The molecule has 88 valence electrons. The maximum absolute atomic E-state index is 14.1. The smallest absolute Gasteiger partial charge is 0.119 e. The summed E-state index contributed by atoms with van der Waals surface area (Å²) in [4.78, 5) is 0. The Morgan fingerprint density at radius 1 is 1.38 bits per heavy atom. The van der Waals surface area contributed by atoms with Crippen molar-refractivity contribution in [1.29, 1.82) is 0 Å². The van der Waals surface area contributed by atoms with Gasteiger partial charge in [0.1, 0.15) is 6.17 Å². The number of hydrogen-bond donors (Lipinski definition) is 1. The van der Waals surface area contributed by atoms with E-state index in [1.54, 1.807) is 0 Å². The van der Waals surface area contributed by atoms with Gasteiger partial charge in [-0.3, -0.25) is 0 Å². The van der Waals surface area contributed by atoms with Crippen LogP contribution in [0, 0.1) is 0 Å². The minimum absolute atomic E-state index is 0.0425. The van der Waals surface area contributed by atoms with Crippen LogP contribution in [0.4, 0.5) is 4.39 Å². The molecule has 1 nitrogen and oxygen atoms in total. The minimum atomic E-state index is -0.779. The summed E-state index contributed by atoms with van der Waals surface area (Å²) in [5.74, 6) is 0. The molecule has 1 N–H and O–H groups in total. The van der Waals surface area contributed by atoms with Gasteiger partial charge in [0, 0.05) is 16.9 Å². The molecule has 0 saturated carbocycles. The standard InChI is InChI=1S/C13H17BrFN/c14-11-6-2-1-5-10(11)9-12(15)13-7-3-4-8-16-13/h1-2,5-6,12-13,16H,3-4,7-9H2. The van der Waals surface area contributed by atoms with Crippen LogP contribution in [0.25, 0.3) is 0 Å². The van der Waals surface area contributed by atoms with Crippen LogP contribution in [-0.2, 0) is 6.42 Å². The molecule has 1 heterocycles. The van der Waals surface area contributed by atoms with Gasteiger partial charge in [-0.25, -0.2) is 4.39 Å². The molecule has 2 rings (SSSR count). The first-order valence-corrected chi connectivity index (χ1v) is 6.67. The number of piperidine rings is 1. The summed E-state index contributed by atoms with van der Waals surface area (Å²) >= 11 is 3.46. The number of benzene rings is 1. The Balaban J connectivity index is 1.96. The molecule has 1 aliphatic rings. The molecule has 0 spiro atoms. The SMILES string of the molecule is FC(Cc1ccccc1Br)C1CCCCN1. The number of alkyl halides is 1. The van der Waals surface area contributed by atoms with Crippen LogP contribution in [0.2, 0.25) is 0 Å². The first-order chi connectivity index (χ1) is 7.77. The van der Waals surface area contributed by atoms with Gasteiger partial charge in [0.15, 0.2) is 0 Å². The molecule has 0 aromatic heterocycles. The summed E-state index contributed by atoms with van der Waals surface area (Å²) in [7, 11) is 0. The molecule has 0 bridgehead atoms. The van der Waals surface area contributed by atoms with Gasteiger partial charge in [-0.15, -0.1) is 0 Å². The fraction of sp³-hybridized carbons (Fsp3) is 0.538. The largest absolute Gasteiger partial charge is 0.311 e. The van der Waals surface area contributed by atoms with Crippen LogP contribution in [0.1, 0.15) is 24.8 Å². The van der Waals surface area contributed by atoms with E-state index in [4.69, 9.17) is 0 Å². The molecule has 0 amide bonds. The Bertz CT molecular complexity index is 336. The molecule has 1 aliphatic heterocycles. The molecule has 1 fully saturated rings. The van der Waals surface area contributed by atoms with E-state index >= 15 is 0 Å². The molecule has 0 aliphatic carbocycles. The van der Waals surface area contributed by atoms with Crippen molar-refractivity contribution in [1.82, 2.24) is 5.32 Å². The second kappa shape index (κ2) is 5.78. The zero-order valence-electron chi connectivity index (χ0n) is 9.26. The molecule has 1 aromatic carbocycles. The van der Waals surface area contributed by atoms with E-state index in [2.05, 4.69) is 21.2 Å². The average Bonchev–Trinajstić information content (AvgIpc) is 2.33. The highest BCUT2D eigenvalue weighted by Gasteiger charge is 2.23. The highest BCUT2D eigenvalue weighted by Crippen LogP contribution is 2.21. The normalized spacial score (nSPS) is 23.0. The first kappa shape index (κ1) is 12.1. The summed E-state index contributed by atoms with van der Waals surface area (Å²) in [5.41, 5.74) is 1.06. The van der Waals surface area contributed by atoms with Gasteiger partial charge < -0.3 is 5.32 Å². The second-order valence-corrected chi connectivity index (χ2v) is 5.22. The molecular weight excluding hydrogens is 269 g/mol. The summed E-state index contributed by atoms with van der Waals surface area (Å²) in [5, 5.41) is 3.27. The van der Waals surface area contributed by atoms with E-state index in [1.165, 1.54) is 6.42 Å². The quantitative estimate of drug-likeness (QED) is 0.897. The first-order valence-electron chi connectivity index (χ1n) is 5.88. The molecule has 1 saturated heterocycles. The van der Waals surface area contributed by atoms with Crippen LogP contribution in [0.5, 0.6) is 0 Å². The lowest BCUT2D eigenvalue weighted by atomic mass is 9.96. The van der Waals surface area contributed by atoms with Crippen LogP contribution >= 0.6 is 15.9 Å². The molecular formula is C13H17BrFN. The predicted molar refractivity (Wildman–Crippen MR) is 68.4 cm³/mol. The maximum atomic E-state index is 14.1. The third-order valence-corrected chi connectivity index (χ3v) is 3.93. The summed E-state index contributed by atoms with van der Waals surface area (Å²) in [6, 6.07) is 7.91. The van der Waals surface area contributed by atoms with E-state index in [0.717, 1.165) is 29.4 Å². The van der Waals surface area contributed by atoms with Crippen molar-refractivity contribution in [2.75, 3.05) is 6.54 Å². The highest BCUT2D eigenvalue weighted by molar-refractivity contribution is 9.10. The average molecular weight is 286 g/mol. The van der Waals surface area contributed by atoms with Gasteiger partial charge in [-0.05, 0) is 31.0 Å². The van der Waals surface area contributed by atoms with E-state index in [0.29, 0.717) is 6.42 Å². The van der Waals surface area contributed by atoms with Gasteiger partial charge in [0.2, 0.25) is 0 Å². The van der Waals surface area contributed by atoms with Gasteiger partial charge in [0.05, 0.1) is 0 Å². The van der Waals surface area contributed by atoms with Crippen molar-refractivity contribution >= 4 is 15.9 Å². The molecule has 2 unspecified atom stereocenters.